The average Bonchev–Trinajstić information content (AvgIpc) is 2.67. The number of rotatable bonds is 6. The third kappa shape index (κ3) is 4.91. The predicted octanol–water partition coefficient (Wildman–Crippen LogP) is 4.55. The molecule has 1 heterocycles. The van der Waals surface area contributed by atoms with E-state index in [4.69, 9.17) is 0 Å². The lowest BCUT2D eigenvalue weighted by molar-refractivity contribution is 0.0949. The number of carbonyl (C=O) groups is 1. The van der Waals surface area contributed by atoms with E-state index in [1.54, 1.807) is 24.4 Å². The molecule has 27 heavy (non-hydrogen) atoms. The second-order valence-electron chi connectivity index (χ2n) is 6.43. The monoisotopic (exact) mass is 363 g/mol. The van der Waals surface area contributed by atoms with Crippen LogP contribution < -0.4 is 10.6 Å². The van der Waals surface area contributed by atoms with Gasteiger partial charge in [-0.25, -0.2) is 4.39 Å². The molecule has 0 aliphatic rings. The zero-order valence-corrected chi connectivity index (χ0v) is 15.4. The fourth-order valence-electron chi connectivity index (χ4n) is 2.74. The molecular weight excluding hydrogens is 341 g/mol. The first kappa shape index (κ1) is 18.6. The van der Waals surface area contributed by atoms with Crippen LogP contribution in [0.25, 0.3) is 0 Å². The van der Waals surface area contributed by atoms with Gasteiger partial charge in [0.2, 0.25) is 0 Å². The maximum Gasteiger partial charge on any atom is 0.269 e. The zero-order chi connectivity index (χ0) is 19.2. The molecule has 2 aromatic carbocycles. The summed E-state index contributed by atoms with van der Waals surface area (Å²) in [5.41, 5.74) is 5.50. The van der Waals surface area contributed by atoms with Gasteiger partial charge in [-0.05, 0) is 67.3 Å². The number of pyridine rings is 1. The van der Waals surface area contributed by atoms with E-state index >= 15 is 0 Å². The number of anilines is 2. The molecule has 0 aliphatic carbocycles. The zero-order valence-electron chi connectivity index (χ0n) is 15.4. The number of aromatic nitrogens is 1. The van der Waals surface area contributed by atoms with Crippen molar-refractivity contribution in [2.24, 2.45) is 0 Å². The molecule has 3 rings (SSSR count). The maximum atomic E-state index is 12.9. The topological polar surface area (TPSA) is 54.0 Å². The van der Waals surface area contributed by atoms with E-state index in [-0.39, 0.29) is 11.7 Å². The molecule has 0 bridgehead atoms. The van der Waals surface area contributed by atoms with Crippen molar-refractivity contribution in [3.05, 3.63) is 89.0 Å². The van der Waals surface area contributed by atoms with Crippen LogP contribution in [0.4, 0.5) is 15.8 Å². The molecule has 0 aliphatic heterocycles. The molecule has 5 heteroatoms. The second-order valence-corrected chi connectivity index (χ2v) is 6.43. The van der Waals surface area contributed by atoms with Crippen molar-refractivity contribution in [2.75, 3.05) is 11.9 Å². The highest BCUT2D eigenvalue weighted by molar-refractivity contribution is 5.93. The maximum absolute atomic E-state index is 12.9. The first-order valence-electron chi connectivity index (χ1n) is 8.85. The molecule has 0 saturated heterocycles. The standard InChI is InChI=1S/C22H22FN3O/c1-15-4-3-5-20(16(15)2)26-19-11-13-24-21(14-19)22(27)25-12-10-17-6-8-18(23)9-7-17/h3-9,11,13-14H,10,12H2,1-2H3,(H,24,26)(H,25,27). The van der Waals surface area contributed by atoms with Gasteiger partial charge in [0.25, 0.3) is 5.91 Å². The van der Waals surface area contributed by atoms with Gasteiger partial charge in [0.1, 0.15) is 11.5 Å². The number of nitrogens with zero attached hydrogens (tertiary/aromatic N) is 1. The lowest BCUT2D eigenvalue weighted by Gasteiger charge is -2.12. The molecule has 0 spiro atoms. The number of nitrogens with one attached hydrogen (secondary N) is 2. The van der Waals surface area contributed by atoms with Gasteiger partial charge < -0.3 is 10.6 Å². The van der Waals surface area contributed by atoms with E-state index in [1.807, 2.05) is 18.2 Å². The number of amides is 1. The third-order valence-corrected chi connectivity index (χ3v) is 4.49. The minimum absolute atomic E-state index is 0.235. The van der Waals surface area contributed by atoms with Crippen molar-refractivity contribution in [3.8, 4) is 0 Å². The number of halogens is 1. The van der Waals surface area contributed by atoms with Gasteiger partial charge >= 0.3 is 0 Å². The normalized spacial score (nSPS) is 10.5. The fourth-order valence-corrected chi connectivity index (χ4v) is 2.74. The molecule has 4 nitrogen and oxygen atoms in total. The van der Waals surface area contributed by atoms with Gasteiger partial charge in [0.05, 0.1) is 0 Å². The Labute approximate surface area is 158 Å². The smallest absolute Gasteiger partial charge is 0.269 e. The third-order valence-electron chi connectivity index (χ3n) is 4.49. The van der Waals surface area contributed by atoms with Crippen LogP contribution in [0.5, 0.6) is 0 Å². The fraction of sp³-hybridized carbons (Fsp3) is 0.182. The van der Waals surface area contributed by atoms with Crippen molar-refractivity contribution in [1.29, 1.82) is 0 Å². The Bertz CT molecular complexity index is 939. The van der Waals surface area contributed by atoms with Gasteiger partial charge in [-0.3, -0.25) is 9.78 Å². The summed E-state index contributed by atoms with van der Waals surface area (Å²) in [5, 5.41) is 6.19. The van der Waals surface area contributed by atoms with E-state index in [1.165, 1.54) is 23.3 Å². The van der Waals surface area contributed by atoms with Crippen LogP contribution in [0, 0.1) is 19.7 Å². The Morgan fingerprint density at radius 3 is 2.63 bits per heavy atom. The number of hydrogen-bond acceptors (Lipinski definition) is 3. The molecular formula is C22H22FN3O. The molecule has 0 fully saturated rings. The number of carbonyl (C=O) groups excluding carboxylic acids is 1. The van der Waals surface area contributed by atoms with Gasteiger partial charge in [0, 0.05) is 24.1 Å². The van der Waals surface area contributed by atoms with E-state index in [2.05, 4.69) is 35.5 Å². The Morgan fingerprint density at radius 1 is 1.07 bits per heavy atom. The summed E-state index contributed by atoms with van der Waals surface area (Å²) in [6.07, 6.45) is 2.24. The van der Waals surface area contributed by atoms with E-state index in [0.29, 0.717) is 18.7 Å². The lowest BCUT2D eigenvalue weighted by Crippen LogP contribution is -2.26. The van der Waals surface area contributed by atoms with Gasteiger partial charge in [-0.1, -0.05) is 24.3 Å². The summed E-state index contributed by atoms with van der Waals surface area (Å²) >= 11 is 0. The largest absolute Gasteiger partial charge is 0.355 e. The Hall–Kier alpha value is -3.21. The average molecular weight is 363 g/mol. The van der Waals surface area contributed by atoms with Crippen LogP contribution in [0.3, 0.4) is 0 Å². The SMILES string of the molecule is Cc1cccc(Nc2ccnc(C(=O)NCCc3ccc(F)cc3)c2)c1C. The minimum Gasteiger partial charge on any atom is -0.355 e. The first-order valence-corrected chi connectivity index (χ1v) is 8.85. The predicted molar refractivity (Wildman–Crippen MR) is 106 cm³/mol. The van der Waals surface area contributed by atoms with Crippen LogP contribution in [-0.4, -0.2) is 17.4 Å². The van der Waals surface area contributed by atoms with Crippen LogP contribution >= 0.6 is 0 Å². The summed E-state index contributed by atoms with van der Waals surface area (Å²) in [6.45, 7) is 4.58. The van der Waals surface area contributed by atoms with Gasteiger partial charge in [-0.2, -0.15) is 0 Å². The summed E-state index contributed by atoms with van der Waals surface area (Å²) in [5.74, 6) is -0.498. The molecule has 1 amide bonds. The van der Waals surface area contributed by atoms with E-state index in [9.17, 15) is 9.18 Å². The highest BCUT2D eigenvalue weighted by Gasteiger charge is 2.09. The van der Waals surface area contributed by atoms with E-state index in [0.717, 1.165) is 16.9 Å². The molecule has 0 saturated carbocycles. The molecule has 0 unspecified atom stereocenters. The molecule has 2 N–H and O–H groups in total. The summed E-state index contributed by atoms with van der Waals surface area (Å²) < 4.78 is 12.9. The molecule has 138 valence electrons. The quantitative estimate of drug-likeness (QED) is 0.675. The summed E-state index contributed by atoms with van der Waals surface area (Å²) in [6, 6.07) is 15.9. The first-order chi connectivity index (χ1) is 13.0. The van der Waals surface area contributed by atoms with Crippen LogP contribution in [0.1, 0.15) is 27.2 Å². The van der Waals surface area contributed by atoms with Gasteiger partial charge in [0.15, 0.2) is 0 Å². The van der Waals surface area contributed by atoms with Crippen LogP contribution in [0.15, 0.2) is 60.8 Å². The van der Waals surface area contributed by atoms with Crippen molar-refractivity contribution < 1.29 is 9.18 Å². The summed E-state index contributed by atoms with van der Waals surface area (Å²) in [4.78, 5) is 16.5. The van der Waals surface area contributed by atoms with Crippen LogP contribution in [0.2, 0.25) is 0 Å². The Balaban J connectivity index is 1.61. The van der Waals surface area contributed by atoms with Gasteiger partial charge in [-0.15, -0.1) is 0 Å². The lowest BCUT2D eigenvalue weighted by atomic mass is 10.1. The summed E-state index contributed by atoms with van der Waals surface area (Å²) in [7, 11) is 0. The van der Waals surface area contributed by atoms with Crippen molar-refractivity contribution in [1.82, 2.24) is 10.3 Å². The molecule has 0 atom stereocenters. The minimum atomic E-state index is -0.264. The highest BCUT2D eigenvalue weighted by atomic mass is 19.1. The van der Waals surface area contributed by atoms with E-state index < -0.39 is 0 Å². The van der Waals surface area contributed by atoms with Crippen molar-refractivity contribution >= 4 is 17.3 Å². The number of aryl methyl sites for hydroxylation is 1. The van der Waals surface area contributed by atoms with Crippen LogP contribution in [-0.2, 0) is 6.42 Å². The van der Waals surface area contributed by atoms with Crippen molar-refractivity contribution in [3.63, 3.8) is 0 Å². The van der Waals surface area contributed by atoms with Crippen molar-refractivity contribution in [2.45, 2.75) is 20.3 Å². The number of hydrogen-bond donors (Lipinski definition) is 2. The second kappa shape index (κ2) is 8.45. The highest BCUT2D eigenvalue weighted by Crippen LogP contribution is 2.22. The molecule has 3 aromatic rings. The molecule has 0 radical (unpaired) electrons. The Morgan fingerprint density at radius 2 is 1.85 bits per heavy atom. The Kier molecular flexibility index (Phi) is 5.81. The molecule has 1 aromatic heterocycles. The number of benzene rings is 2.